The van der Waals surface area contributed by atoms with E-state index in [1.54, 1.807) is 0 Å². The molecule has 0 spiro atoms. The van der Waals surface area contributed by atoms with Gasteiger partial charge in [-0.3, -0.25) is 0 Å². The van der Waals surface area contributed by atoms with Crippen LogP contribution in [-0.2, 0) is 0 Å². The minimum Gasteiger partial charge on any atom is -0.310 e. The molecule has 2 aromatic carbocycles. The third-order valence-electron chi connectivity index (χ3n) is 3.00. The Labute approximate surface area is 95.9 Å². The normalized spacial score (nSPS) is 19.3. The molecule has 1 heterocycles. The van der Waals surface area contributed by atoms with Gasteiger partial charge in [0, 0.05) is 6.04 Å². The number of hydrogen-bond acceptors (Lipinski definition) is 1. The van der Waals surface area contributed by atoms with Gasteiger partial charge < -0.3 is 5.32 Å². The van der Waals surface area contributed by atoms with E-state index in [-0.39, 0.29) is 12.4 Å². The molecule has 2 aromatic rings. The number of fused-ring (bicyclic) bond motifs is 1. The summed E-state index contributed by atoms with van der Waals surface area (Å²) in [7, 11) is 0. The van der Waals surface area contributed by atoms with Gasteiger partial charge in [0.25, 0.3) is 0 Å². The van der Waals surface area contributed by atoms with Crippen molar-refractivity contribution in [2.75, 3.05) is 6.54 Å². The van der Waals surface area contributed by atoms with E-state index in [9.17, 15) is 0 Å². The zero-order valence-electron chi connectivity index (χ0n) is 8.44. The third-order valence-corrected chi connectivity index (χ3v) is 3.00. The van der Waals surface area contributed by atoms with E-state index in [1.807, 2.05) is 0 Å². The van der Waals surface area contributed by atoms with Crippen LogP contribution in [0, 0.1) is 0 Å². The molecule has 2 heteroatoms. The lowest BCUT2D eigenvalue weighted by Gasteiger charge is -2.28. The van der Waals surface area contributed by atoms with Crippen LogP contribution in [0.15, 0.2) is 42.5 Å². The lowest BCUT2D eigenvalue weighted by atomic mass is 9.96. The molecule has 1 saturated heterocycles. The SMILES string of the molecule is Cl.c1ccc2cc([C@@H]3CCN3)ccc2c1. The van der Waals surface area contributed by atoms with E-state index < -0.39 is 0 Å². The Morgan fingerprint density at radius 1 is 1.00 bits per heavy atom. The maximum atomic E-state index is 3.43. The van der Waals surface area contributed by atoms with Crippen LogP contribution in [-0.4, -0.2) is 6.54 Å². The molecular formula is C13H14ClN. The molecule has 1 fully saturated rings. The van der Waals surface area contributed by atoms with Gasteiger partial charge in [-0.15, -0.1) is 12.4 Å². The molecule has 1 nitrogen and oxygen atoms in total. The van der Waals surface area contributed by atoms with Crippen molar-refractivity contribution in [2.45, 2.75) is 12.5 Å². The molecule has 0 amide bonds. The van der Waals surface area contributed by atoms with Crippen LogP contribution >= 0.6 is 12.4 Å². The number of hydrogen-bond donors (Lipinski definition) is 1. The summed E-state index contributed by atoms with van der Waals surface area (Å²) in [6.45, 7) is 1.16. The van der Waals surface area contributed by atoms with Gasteiger partial charge in [0.2, 0.25) is 0 Å². The minimum absolute atomic E-state index is 0. The van der Waals surface area contributed by atoms with Crippen molar-refractivity contribution in [3.05, 3.63) is 48.0 Å². The van der Waals surface area contributed by atoms with E-state index in [2.05, 4.69) is 47.8 Å². The van der Waals surface area contributed by atoms with Crippen molar-refractivity contribution in [2.24, 2.45) is 0 Å². The molecular weight excluding hydrogens is 206 g/mol. The number of nitrogens with one attached hydrogen (secondary N) is 1. The average Bonchev–Trinajstić information content (AvgIpc) is 2.15. The van der Waals surface area contributed by atoms with Crippen molar-refractivity contribution in [1.29, 1.82) is 0 Å². The molecule has 0 radical (unpaired) electrons. The average molecular weight is 220 g/mol. The molecule has 0 aromatic heterocycles. The Hall–Kier alpha value is -1.05. The Balaban J connectivity index is 0.000000853. The molecule has 0 bridgehead atoms. The first kappa shape index (κ1) is 10.5. The van der Waals surface area contributed by atoms with E-state index in [0.717, 1.165) is 6.54 Å². The number of rotatable bonds is 1. The molecule has 3 rings (SSSR count). The van der Waals surface area contributed by atoms with Crippen molar-refractivity contribution >= 4 is 23.2 Å². The van der Waals surface area contributed by atoms with Crippen molar-refractivity contribution < 1.29 is 0 Å². The molecule has 1 aliphatic heterocycles. The second-order valence-electron chi connectivity index (χ2n) is 3.90. The summed E-state index contributed by atoms with van der Waals surface area (Å²) >= 11 is 0. The van der Waals surface area contributed by atoms with Crippen LogP contribution in [0.4, 0.5) is 0 Å². The van der Waals surface area contributed by atoms with Crippen LogP contribution in [0.5, 0.6) is 0 Å². The summed E-state index contributed by atoms with van der Waals surface area (Å²) in [5, 5.41) is 6.10. The fourth-order valence-corrected chi connectivity index (χ4v) is 2.00. The monoisotopic (exact) mass is 219 g/mol. The first-order valence-electron chi connectivity index (χ1n) is 5.15. The zero-order valence-corrected chi connectivity index (χ0v) is 9.26. The van der Waals surface area contributed by atoms with Crippen molar-refractivity contribution in [1.82, 2.24) is 5.32 Å². The number of halogens is 1. The zero-order chi connectivity index (χ0) is 9.38. The smallest absolute Gasteiger partial charge is 0.0332 e. The predicted octanol–water partition coefficient (Wildman–Crippen LogP) is 3.30. The Morgan fingerprint density at radius 2 is 1.73 bits per heavy atom. The summed E-state index contributed by atoms with van der Waals surface area (Å²) in [5.41, 5.74) is 1.43. The largest absolute Gasteiger partial charge is 0.310 e. The standard InChI is InChI=1S/C13H13N.ClH/c1-2-4-11-9-12(13-7-8-14-13)6-5-10(11)3-1;/h1-6,9,13-14H,7-8H2;1H/t13-;/m0./s1. The van der Waals surface area contributed by atoms with E-state index in [1.165, 1.54) is 22.8 Å². The van der Waals surface area contributed by atoms with Crippen molar-refractivity contribution in [3.63, 3.8) is 0 Å². The molecule has 0 aliphatic carbocycles. The summed E-state index contributed by atoms with van der Waals surface area (Å²) < 4.78 is 0. The molecule has 1 aliphatic rings. The minimum atomic E-state index is 0. The van der Waals surface area contributed by atoms with Crippen LogP contribution in [0.1, 0.15) is 18.0 Å². The molecule has 1 atom stereocenters. The number of benzene rings is 2. The van der Waals surface area contributed by atoms with Crippen molar-refractivity contribution in [3.8, 4) is 0 Å². The highest BCUT2D eigenvalue weighted by molar-refractivity contribution is 5.85. The fraction of sp³-hybridized carbons (Fsp3) is 0.231. The summed E-state index contributed by atoms with van der Waals surface area (Å²) in [6.07, 6.45) is 1.28. The van der Waals surface area contributed by atoms with Gasteiger partial charge >= 0.3 is 0 Å². The highest BCUT2D eigenvalue weighted by Crippen LogP contribution is 2.25. The van der Waals surface area contributed by atoms with E-state index in [4.69, 9.17) is 0 Å². The maximum Gasteiger partial charge on any atom is 0.0332 e. The van der Waals surface area contributed by atoms with Crippen LogP contribution in [0.25, 0.3) is 10.8 Å². The van der Waals surface area contributed by atoms with Gasteiger partial charge in [0.05, 0.1) is 0 Å². The highest BCUT2D eigenvalue weighted by atomic mass is 35.5. The lowest BCUT2D eigenvalue weighted by molar-refractivity contribution is 0.383. The molecule has 78 valence electrons. The molecule has 0 unspecified atom stereocenters. The van der Waals surface area contributed by atoms with E-state index in [0.29, 0.717) is 6.04 Å². The Morgan fingerprint density at radius 3 is 2.40 bits per heavy atom. The second kappa shape index (κ2) is 4.21. The Kier molecular flexibility index (Phi) is 2.94. The van der Waals surface area contributed by atoms with Gasteiger partial charge in [-0.2, -0.15) is 0 Å². The van der Waals surface area contributed by atoms with Crippen LogP contribution < -0.4 is 5.32 Å². The lowest BCUT2D eigenvalue weighted by Crippen LogP contribution is -2.34. The summed E-state index contributed by atoms with van der Waals surface area (Å²) in [4.78, 5) is 0. The summed E-state index contributed by atoms with van der Waals surface area (Å²) in [6, 6.07) is 15.9. The topological polar surface area (TPSA) is 12.0 Å². The van der Waals surface area contributed by atoms with Gasteiger partial charge in [0.15, 0.2) is 0 Å². The molecule has 15 heavy (non-hydrogen) atoms. The van der Waals surface area contributed by atoms with Gasteiger partial charge in [0.1, 0.15) is 0 Å². The summed E-state index contributed by atoms with van der Waals surface area (Å²) in [5.74, 6) is 0. The maximum absolute atomic E-state index is 3.43. The Bertz CT molecular complexity index is 463. The van der Waals surface area contributed by atoms with Gasteiger partial charge in [-0.25, -0.2) is 0 Å². The van der Waals surface area contributed by atoms with Gasteiger partial charge in [-0.05, 0) is 35.4 Å². The second-order valence-corrected chi connectivity index (χ2v) is 3.90. The predicted molar refractivity (Wildman–Crippen MR) is 66.6 cm³/mol. The van der Waals surface area contributed by atoms with Crippen LogP contribution in [0.3, 0.4) is 0 Å². The third kappa shape index (κ3) is 1.85. The van der Waals surface area contributed by atoms with Gasteiger partial charge in [-0.1, -0.05) is 36.4 Å². The first-order valence-corrected chi connectivity index (χ1v) is 5.15. The fourth-order valence-electron chi connectivity index (χ4n) is 2.00. The quantitative estimate of drug-likeness (QED) is 0.776. The van der Waals surface area contributed by atoms with E-state index >= 15 is 0 Å². The highest BCUT2D eigenvalue weighted by Gasteiger charge is 2.17. The molecule has 0 saturated carbocycles. The first-order chi connectivity index (χ1) is 6.93. The van der Waals surface area contributed by atoms with Crippen LogP contribution in [0.2, 0.25) is 0 Å². The molecule has 1 N–H and O–H groups in total.